The first kappa shape index (κ1) is 7.72. The molecule has 0 aliphatic rings. The van der Waals surface area contributed by atoms with Crippen LogP contribution in [-0.2, 0) is 4.79 Å². The molecule has 57 valence electrons. The number of amides is 1. The van der Waals surface area contributed by atoms with Crippen molar-refractivity contribution in [2.45, 2.75) is 0 Å². The van der Waals surface area contributed by atoms with Gasteiger partial charge in [0.15, 0.2) is 0 Å². The Hall–Kier alpha value is -1.38. The molecular weight excluding hydrogens is 145 g/mol. The lowest BCUT2D eigenvalue weighted by molar-refractivity contribution is -0.107. The summed E-state index contributed by atoms with van der Waals surface area (Å²) >= 11 is 0. The summed E-state index contributed by atoms with van der Waals surface area (Å²) < 4.78 is 12.5. The minimum Gasteiger partial charge on any atom is -0.318 e. The highest BCUT2D eigenvalue weighted by atomic mass is 19.1. The van der Waals surface area contributed by atoms with E-state index in [2.05, 4.69) is 6.07 Å². The Labute approximate surface area is 64.2 Å². The van der Waals surface area contributed by atoms with Crippen LogP contribution in [0.25, 0.3) is 0 Å². The van der Waals surface area contributed by atoms with Crippen LogP contribution in [0.3, 0.4) is 0 Å². The van der Waals surface area contributed by atoms with Gasteiger partial charge < -0.3 is 4.90 Å². The van der Waals surface area contributed by atoms with Crippen molar-refractivity contribution in [3.8, 4) is 0 Å². The second kappa shape index (κ2) is 3.14. The quantitative estimate of drug-likeness (QED) is 0.583. The second-order valence-electron chi connectivity index (χ2n) is 2.11. The van der Waals surface area contributed by atoms with E-state index >= 15 is 0 Å². The highest BCUT2D eigenvalue weighted by Crippen LogP contribution is 2.11. The van der Waals surface area contributed by atoms with Crippen LogP contribution in [-0.4, -0.2) is 13.5 Å². The Kier molecular flexibility index (Phi) is 2.21. The maximum atomic E-state index is 12.5. The van der Waals surface area contributed by atoms with Gasteiger partial charge in [-0.15, -0.1) is 0 Å². The first-order valence-corrected chi connectivity index (χ1v) is 3.09. The molecule has 0 aliphatic carbocycles. The first-order chi connectivity index (χ1) is 5.24. The van der Waals surface area contributed by atoms with Gasteiger partial charge in [-0.1, -0.05) is 0 Å². The lowest BCUT2D eigenvalue weighted by atomic mass is 10.3. The van der Waals surface area contributed by atoms with Crippen LogP contribution in [0.2, 0.25) is 0 Å². The molecule has 0 aromatic heterocycles. The summed E-state index contributed by atoms with van der Waals surface area (Å²) in [6, 6.07) is 6.63. The molecule has 0 heterocycles. The number of halogens is 1. The average Bonchev–Trinajstić information content (AvgIpc) is 2.03. The molecule has 0 atom stereocenters. The van der Waals surface area contributed by atoms with Gasteiger partial charge in [-0.05, 0) is 18.2 Å². The number of benzene rings is 1. The van der Waals surface area contributed by atoms with Gasteiger partial charge in [-0.25, -0.2) is 4.39 Å². The molecule has 1 aromatic carbocycles. The molecule has 11 heavy (non-hydrogen) atoms. The van der Waals surface area contributed by atoms with E-state index in [4.69, 9.17) is 0 Å². The van der Waals surface area contributed by atoms with E-state index < -0.39 is 5.82 Å². The fourth-order valence-electron chi connectivity index (χ4n) is 0.707. The predicted molar refractivity (Wildman–Crippen MR) is 39.7 cm³/mol. The fraction of sp³-hybridized carbons (Fsp3) is 0.125. The minimum absolute atomic E-state index is 0.462. The molecule has 3 heteroatoms. The molecule has 0 saturated carbocycles. The molecule has 0 fully saturated rings. The third-order valence-electron chi connectivity index (χ3n) is 1.32. The van der Waals surface area contributed by atoms with E-state index in [9.17, 15) is 9.18 Å². The highest BCUT2D eigenvalue weighted by molar-refractivity contribution is 5.73. The van der Waals surface area contributed by atoms with Crippen LogP contribution in [0.4, 0.5) is 10.1 Å². The van der Waals surface area contributed by atoms with Crippen molar-refractivity contribution in [2.24, 2.45) is 0 Å². The summed E-state index contributed by atoms with van der Waals surface area (Å²) in [5.74, 6) is -0.462. The Morgan fingerprint density at radius 1 is 1.73 bits per heavy atom. The van der Waals surface area contributed by atoms with E-state index in [1.165, 1.54) is 17.0 Å². The molecule has 0 aliphatic heterocycles. The van der Waals surface area contributed by atoms with Crippen molar-refractivity contribution in [1.82, 2.24) is 0 Å². The largest absolute Gasteiger partial charge is 0.318 e. The predicted octanol–water partition coefficient (Wildman–Crippen LogP) is 1.22. The molecule has 1 amide bonds. The summed E-state index contributed by atoms with van der Waals surface area (Å²) in [6.45, 7) is 0. The van der Waals surface area contributed by atoms with Gasteiger partial charge in [-0.2, -0.15) is 0 Å². The molecule has 0 bridgehead atoms. The maximum Gasteiger partial charge on any atom is 0.213 e. The summed E-state index contributed by atoms with van der Waals surface area (Å²) in [7, 11) is 1.56. The number of nitrogens with zero attached hydrogens (tertiary/aromatic N) is 1. The first-order valence-electron chi connectivity index (χ1n) is 3.09. The number of rotatable bonds is 2. The third kappa shape index (κ3) is 1.77. The molecule has 1 radical (unpaired) electrons. The molecule has 0 spiro atoms. The zero-order chi connectivity index (χ0) is 8.27. The van der Waals surface area contributed by atoms with Crippen LogP contribution in [0, 0.1) is 11.9 Å². The Morgan fingerprint density at radius 2 is 2.45 bits per heavy atom. The monoisotopic (exact) mass is 152 g/mol. The number of carbonyl (C=O) groups excluding carboxylic acids is 1. The van der Waals surface area contributed by atoms with Crippen LogP contribution < -0.4 is 4.90 Å². The van der Waals surface area contributed by atoms with Gasteiger partial charge >= 0.3 is 0 Å². The van der Waals surface area contributed by atoms with Gasteiger partial charge in [0.2, 0.25) is 6.41 Å². The maximum absolute atomic E-state index is 12.5. The molecule has 1 rings (SSSR count). The third-order valence-corrected chi connectivity index (χ3v) is 1.32. The number of carbonyl (C=O) groups is 1. The van der Waals surface area contributed by atoms with Crippen molar-refractivity contribution < 1.29 is 9.18 Å². The normalized spacial score (nSPS) is 9.27. The van der Waals surface area contributed by atoms with Crippen LogP contribution >= 0.6 is 0 Å². The van der Waals surface area contributed by atoms with Crippen molar-refractivity contribution in [3.05, 3.63) is 30.1 Å². The van der Waals surface area contributed by atoms with E-state index in [1.807, 2.05) is 0 Å². The van der Waals surface area contributed by atoms with Gasteiger partial charge in [-0.3, -0.25) is 4.79 Å². The molecule has 0 unspecified atom stereocenters. The second-order valence-corrected chi connectivity index (χ2v) is 2.11. The molecule has 2 nitrogen and oxygen atoms in total. The minimum atomic E-state index is -0.462. The van der Waals surface area contributed by atoms with Crippen molar-refractivity contribution >= 4 is 12.1 Å². The van der Waals surface area contributed by atoms with Gasteiger partial charge in [0.25, 0.3) is 0 Å². The zero-order valence-corrected chi connectivity index (χ0v) is 6.04. The number of hydrogen-bond acceptors (Lipinski definition) is 1. The van der Waals surface area contributed by atoms with Crippen molar-refractivity contribution in [3.63, 3.8) is 0 Å². The van der Waals surface area contributed by atoms with Crippen molar-refractivity contribution in [1.29, 1.82) is 0 Å². The summed E-state index contributed by atoms with van der Waals surface area (Å²) in [5.41, 5.74) is 0.524. The van der Waals surface area contributed by atoms with Gasteiger partial charge in [0.1, 0.15) is 5.82 Å². The lowest BCUT2D eigenvalue weighted by Crippen LogP contribution is -2.13. The molecule has 1 aromatic rings. The van der Waals surface area contributed by atoms with E-state index in [0.29, 0.717) is 12.1 Å². The standard InChI is InChI=1S/C8H7FNO/c1-10(6-11)8-4-2-3-7(9)5-8/h2,4-6H,1H3. The summed E-state index contributed by atoms with van der Waals surface area (Å²) in [4.78, 5) is 11.5. The smallest absolute Gasteiger partial charge is 0.213 e. The van der Waals surface area contributed by atoms with Crippen LogP contribution in [0.15, 0.2) is 18.2 Å². The summed E-state index contributed by atoms with van der Waals surface area (Å²) in [5, 5.41) is 0. The fourth-order valence-corrected chi connectivity index (χ4v) is 0.707. The Morgan fingerprint density at radius 3 is 3.00 bits per heavy atom. The number of hydrogen-bond donors (Lipinski definition) is 0. The number of anilines is 1. The molecular formula is C8H7FNO. The van der Waals surface area contributed by atoms with Crippen molar-refractivity contribution in [2.75, 3.05) is 11.9 Å². The van der Waals surface area contributed by atoms with Gasteiger partial charge in [0, 0.05) is 18.8 Å². The van der Waals surface area contributed by atoms with E-state index in [1.54, 1.807) is 13.1 Å². The zero-order valence-electron chi connectivity index (χ0n) is 6.04. The lowest BCUT2D eigenvalue weighted by Gasteiger charge is -2.09. The SMILES string of the molecule is CN(C=O)c1cc[c]c(F)c1. The topological polar surface area (TPSA) is 20.3 Å². The summed E-state index contributed by atoms with van der Waals surface area (Å²) in [6.07, 6.45) is 0.620. The molecule has 0 N–H and O–H groups in total. The Balaban J connectivity index is 2.95. The molecule has 0 saturated heterocycles. The van der Waals surface area contributed by atoms with Crippen LogP contribution in [0.5, 0.6) is 0 Å². The van der Waals surface area contributed by atoms with Crippen LogP contribution in [0.1, 0.15) is 0 Å². The van der Waals surface area contributed by atoms with E-state index in [0.717, 1.165) is 0 Å². The van der Waals surface area contributed by atoms with Gasteiger partial charge in [0.05, 0.1) is 0 Å². The Bertz CT molecular complexity index is 262. The highest BCUT2D eigenvalue weighted by Gasteiger charge is 1.98. The van der Waals surface area contributed by atoms with E-state index in [-0.39, 0.29) is 0 Å². The average molecular weight is 152 g/mol.